The second kappa shape index (κ2) is 9.83. The number of rotatable bonds is 7. The van der Waals surface area contributed by atoms with Crippen molar-refractivity contribution in [1.29, 1.82) is 0 Å². The highest BCUT2D eigenvalue weighted by Crippen LogP contribution is 2.16. The molecule has 2 aromatic rings. The van der Waals surface area contributed by atoms with Gasteiger partial charge in [0.25, 0.3) is 0 Å². The van der Waals surface area contributed by atoms with Crippen LogP contribution in [0.1, 0.15) is 17.8 Å². The average molecular weight is 398 g/mol. The number of likely N-dealkylation sites (N-methyl/N-ethyl adjacent to an activating group) is 1. The first-order valence-corrected chi connectivity index (χ1v) is 9.51. The molecule has 154 valence electrons. The van der Waals surface area contributed by atoms with Gasteiger partial charge in [0, 0.05) is 25.3 Å². The summed E-state index contributed by atoms with van der Waals surface area (Å²) in [6.07, 6.45) is 1.88. The number of alkyl carbamates (subject to hydrolysis) is 1. The highest BCUT2D eigenvalue weighted by molar-refractivity contribution is 5.82. The van der Waals surface area contributed by atoms with E-state index in [4.69, 9.17) is 10.5 Å². The van der Waals surface area contributed by atoms with Crippen molar-refractivity contribution in [3.63, 3.8) is 0 Å². The Morgan fingerprint density at radius 1 is 1.31 bits per heavy atom. The number of benzene rings is 1. The number of nitrogens with one attached hydrogen (secondary N) is 1. The molecule has 3 N–H and O–H groups in total. The maximum Gasteiger partial charge on any atom is 0.407 e. The van der Waals surface area contributed by atoms with Crippen LogP contribution in [0.4, 0.5) is 10.6 Å². The van der Waals surface area contributed by atoms with Gasteiger partial charge in [0.05, 0.1) is 6.54 Å². The van der Waals surface area contributed by atoms with E-state index < -0.39 is 6.09 Å². The molecule has 9 nitrogen and oxygen atoms in total. The molecular formula is C20H26N6O3. The Morgan fingerprint density at radius 3 is 2.86 bits per heavy atom. The molecule has 2 heterocycles. The number of anilines is 1. The first kappa shape index (κ1) is 20.5. The summed E-state index contributed by atoms with van der Waals surface area (Å²) in [4.78, 5) is 36.5. The summed E-state index contributed by atoms with van der Waals surface area (Å²) < 4.78 is 5.12. The second-order valence-corrected chi connectivity index (χ2v) is 7.01. The maximum atomic E-state index is 12.4. The van der Waals surface area contributed by atoms with Gasteiger partial charge in [-0.3, -0.25) is 9.69 Å². The zero-order chi connectivity index (χ0) is 20.6. The molecule has 0 unspecified atom stereocenters. The Morgan fingerprint density at radius 2 is 2.10 bits per heavy atom. The highest BCUT2D eigenvalue weighted by atomic mass is 16.5. The first-order valence-electron chi connectivity index (χ1n) is 9.51. The minimum absolute atomic E-state index is 0.0810. The molecule has 9 heteroatoms. The number of aromatic nitrogens is 2. The molecule has 1 aliphatic heterocycles. The van der Waals surface area contributed by atoms with Crippen LogP contribution < -0.4 is 11.1 Å². The van der Waals surface area contributed by atoms with E-state index in [2.05, 4.69) is 20.2 Å². The van der Waals surface area contributed by atoms with E-state index in [1.807, 2.05) is 37.4 Å². The third-order valence-electron chi connectivity index (χ3n) is 4.85. The quantitative estimate of drug-likeness (QED) is 0.716. The normalized spacial score (nSPS) is 16.1. The summed E-state index contributed by atoms with van der Waals surface area (Å²) in [6.45, 7) is 1.89. The molecule has 0 bridgehead atoms. The lowest BCUT2D eigenvalue weighted by Crippen LogP contribution is -2.41. The van der Waals surface area contributed by atoms with Crippen LogP contribution in [-0.4, -0.2) is 64.5 Å². The van der Waals surface area contributed by atoms with E-state index >= 15 is 0 Å². The zero-order valence-electron chi connectivity index (χ0n) is 16.5. The summed E-state index contributed by atoms with van der Waals surface area (Å²) in [7, 11) is 1.98. The van der Waals surface area contributed by atoms with Crippen molar-refractivity contribution in [2.45, 2.75) is 25.6 Å². The molecule has 0 aliphatic carbocycles. The van der Waals surface area contributed by atoms with Crippen molar-refractivity contribution < 1.29 is 14.3 Å². The first-order chi connectivity index (χ1) is 14.0. The Balaban J connectivity index is 1.39. The minimum Gasteiger partial charge on any atom is -0.445 e. The lowest BCUT2D eigenvalue weighted by molar-refractivity contribution is -0.129. The van der Waals surface area contributed by atoms with E-state index in [9.17, 15) is 9.59 Å². The van der Waals surface area contributed by atoms with Crippen molar-refractivity contribution in [1.82, 2.24) is 25.1 Å². The molecule has 1 fully saturated rings. The molecule has 2 amide bonds. The van der Waals surface area contributed by atoms with Gasteiger partial charge in [-0.1, -0.05) is 30.3 Å². The lowest BCUT2D eigenvalue weighted by Gasteiger charge is -2.24. The standard InChI is InChI=1S/C20H26N6O3/c1-25(13-18-22-9-7-17(21)24-18)16-8-10-26(12-16)19(27)11-23-20(28)29-14-15-5-3-2-4-6-15/h2-7,9,16H,8,10-14H2,1H3,(H,23,28)(H2,21,22,24)/t16-/m0/s1. The van der Waals surface area contributed by atoms with Crippen LogP contribution in [0.3, 0.4) is 0 Å². The predicted octanol–water partition coefficient (Wildman–Crippen LogP) is 1.02. The Labute approximate surface area is 169 Å². The largest absolute Gasteiger partial charge is 0.445 e. The number of amides is 2. The molecule has 1 aliphatic rings. The SMILES string of the molecule is CN(Cc1nccc(N)n1)[C@H]1CCN(C(=O)CNC(=O)OCc2ccccc2)C1. The average Bonchev–Trinajstić information content (AvgIpc) is 3.22. The minimum atomic E-state index is -0.603. The van der Waals surface area contributed by atoms with Crippen LogP contribution in [0, 0.1) is 0 Å². The van der Waals surface area contributed by atoms with E-state index in [1.54, 1.807) is 17.2 Å². The van der Waals surface area contributed by atoms with E-state index in [1.165, 1.54) is 0 Å². The summed E-state index contributed by atoms with van der Waals surface area (Å²) >= 11 is 0. The van der Waals surface area contributed by atoms with Crippen molar-refractivity contribution >= 4 is 17.8 Å². The molecule has 0 saturated carbocycles. The number of nitrogens with zero attached hydrogens (tertiary/aromatic N) is 4. The monoisotopic (exact) mass is 398 g/mol. The molecule has 3 rings (SSSR count). The Hall–Kier alpha value is -3.20. The van der Waals surface area contributed by atoms with E-state index in [0.717, 1.165) is 12.0 Å². The van der Waals surface area contributed by atoms with Crippen LogP contribution in [0.2, 0.25) is 0 Å². The van der Waals surface area contributed by atoms with Crippen molar-refractivity contribution in [3.05, 3.63) is 54.0 Å². The summed E-state index contributed by atoms with van der Waals surface area (Å²) in [5.41, 5.74) is 6.59. The molecule has 0 spiro atoms. The fourth-order valence-corrected chi connectivity index (χ4v) is 3.21. The van der Waals surface area contributed by atoms with Crippen molar-refractivity contribution in [2.24, 2.45) is 0 Å². The second-order valence-electron chi connectivity index (χ2n) is 7.01. The number of likely N-dealkylation sites (tertiary alicyclic amines) is 1. The van der Waals surface area contributed by atoms with Gasteiger partial charge in [-0.15, -0.1) is 0 Å². The zero-order valence-corrected chi connectivity index (χ0v) is 16.5. The molecule has 1 aromatic carbocycles. The van der Waals surface area contributed by atoms with Crippen LogP contribution in [0.15, 0.2) is 42.6 Å². The number of nitrogen functional groups attached to an aromatic ring is 1. The number of hydrogen-bond acceptors (Lipinski definition) is 7. The maximum absolute atomic E-state index is 12.4. The Bertz CT molecular complexity index is 832. The van der Waals surface area contributed by atoms with Crippen LogP contribution in [0.25, 0.3) is 0 Å². The third kappa shape index (κ3) is 6.15. The summed E-state index contributed by atoms with van der Waals surface area (Å²) in [5.74, 6) is 0.967. The molecule has 29 heavy (non-hydrogen) atoms. The van der Waals surface area contributed by atoms with Gasteiger partial charge in [0.15, 0.2) is 0 Å². The van der Waals surface area contributed by atoms with Gasteiger partial charge >= 0.3 is 6.09 Å². The van der Waals surface area contributed by atoms with Crippen LogP contribution >= 0.6 is 0 Å². The van der Waals surface area contributed by atoms with E-state index in [0.29, 0.717) is 31.3 Å². The predicted molar refractivity (Wildman–Crippen MR) is 108 cm³/mol. The fraction of sp³-hybridized carbons (Fsp3) is 0.400. The number of hydrogen-bond donors (Lipinski definition) is 2. The molecular weight excluding hydrogens is 372 g/mol. The molecule has 1 aromatic heterocycles. The summed E-state index contributed by atoms with van der Waals surface area (Å²) in [6, 6.07) is 11.2. The van der Waals surface area contributed by atoms with Crippen LogP contribution in [0.5, 0.6) is 0 Å². The number of ether oxygens (including phenoxy) is 1. The third-order valence-corrected chi connectivity index (χ3v) is 4.85. The topological polar surface area (TPSA) is 114 Å². The molecule has 1 saturated heterocycles. The van der Waals surface area contributed by atoms with Gasteiger partial charge < -0.3 is 20.7 Å². The summed E-state index contributed by atoms with van der Waals surface area (Å²) in [5, 5.41) is 2.52. The number of carbonyl (C=O) groups excluding carboxylic acids is 2. The molecule has 1 atom stereocenters. The lowest BCUT2D eigenvalue weighted by atomic mass is 10.2. The van der Waals surface area contributed by atoms with Crippen molar-refractivity contribution in [2.75, 3.05) is 32.4 Å². The fourth-order valence-electron chi connectivity index (χ4n) is 3.21. The molecule has 0 radical (unpaired) electrons. The highest BCUT2D eigenvalue weighted by Gasteiger charge is 2.29. The number of nitrogens with two attached hydrogens (primary N) is 1. The Kier molecular flexibility index (Phi) is 6.96. The van der Waals surface area contributed by atoms with Crippen LogP contribution in [-0.2, 0) is 22.7 Å². The van der Waals surface area contributed by atoms with Gasteiger partial charge in [0.2, 0.25) is 5.91 Å². The van der Waals surface area contributed by atoms with Gasteiger partial charge in [-0.2, -0.15) is 0 Å². The van der Waals surface area contributed by atoms with E-state index in [-0.39, 0.29) is 25.1 Å². The smallest absolute Gasteiger partial charge is 0.407 e. The van der Waals surface area contributed by atoms with Gasteiger partial charge in [-0.05, 0) is 25.1 Å². The number of carbonyl (C=O) groups is 2. The van der Waals surface area contributed by atoms with Gasteiger partial charge in [-0.25, -0.2) is 14.8 Å². The van der Waals surface area contributed by atoms with Crippen molar-refractivity contribution in [3.8, 4) is 0 Å². The van der Waals surface area contributed by atoms with Gasteiger partial charge in [0.1, 0.15) is 24.8 Å².